The first-order chi connectivity index (χ1) is 7.68. The second kappa shape index (κ2) is 4.89. The van der Waals surface area contributed by atoms with Crippen LogP contribution in [0.25, 0.3) is 0 Å². The van der Waals surface area contributed by atoms with E-state index in [2.05, 4.69) is 35.1 Å². The molecule has 4 heteroatoms. The molecule has 0 saturated heterocycles. The maximum atomic E-state index is 5.40. The van der Waals surface area contributed by atoms with Crippen molar-refractivity contribution in [1.29, 1.82) is 0 Å². The molecule has 16 heavy (non-hydrogen) atoms. The van der Waals surface area contributed by atoms with Crippen LogP contribution in [0.3, 0.4) is 0 Å². The number of hydrogen-bond acceptors (Lipinski definition) is 3. The first kappa shape index (κ1) is 11.5. The molecule has 2 aromatic rings. The summed E-state index contributed by atoms with van der Waals surface area (Å²) in [5.41, 5.74) is 0. The Balaban J connectivity index is 2.03. The van der Waals surface area contributed by atoms with Crippen LogP contribution in [0, 0.1) is 0 Å². The normalized spacial score (nSPS) is 14.9. The van der Waals surface area contributed by atoms with E-state index in [4.69, 9.17) is 8.83 Å². The summed E-state index contributed by atoms with van der Waals surface area (Å²) in [7, 11) is 0. The number of hydrogen-bond donors (Lipinski definition) is 1. The van der Waals surface area contributed by atoms with Gasteiger partial charge in [-0.05, 0) is 48.0 Å². The van der Waals surface area contributed by atoms with E-state index in [-0.39, 0.29) is 12.1 Å². The van der Waals surface area contributed by atoms with E-state index in [9.17, 15) is 0 Å². The molecule has 86 valence electrons. The highest BCUT2D eigenvalue weighted by molar-refractivity contribution is 9.10. The van der Waals surface area contributed by atoms with Crippen LogP contribution < -0.4 is 5.32 Å². The number of halogens is 1. The lowest BCUT2D eigenvalue weighted by Gasteiger charge is -2.17. The van der Waals surface area contributed by atoms with Gasteiger partial charge in [0.25, 0.3) is 0 Å². The fourth-order valence-electron chi connectivity index (χ4n) is 1.68. The van der Waals surface area contributed by atoms with Crippen molar-refractivity contribution in [1.82, 2.24) is 5.32 Å². The standard InChI is InChI=1S/C12H14BrNO2/c1-8(11-4-3-6-15-11)14-9(2)12-10(13)5-7-16-12/h3-9,14H,1-2H3. The Morgan fingerprint density at radius 3 is 2.50 bits per heavy atom. The van der Waals surface area contributed by atoms with Gasteiger partial charge in [0.1, 0.15) is 11.5 Å². The van der Waals surface area contributed by atoms with Gasteiger partial charge in [-0.25, -0.2) is 0 Å². The zero-order valence-electron chi connectivity index (χ0n) is 9.24. The van der Waals surface area contributed by atoms with Crippen molar-refractivity contribution in [2.45, 2.75) is 25.9 Å². The van der Waals surface area contributed by atoms with Crippen LogP contribution in [0.4, 0.5) is 0 Å². The molecular weight excluding hydrogens is 270 g/mol. The number of nitrogens with one attached hydrogen (secondary N) is 1. The van der Waals surface area contributed by atoms with Crippen LogP contribution in [0.1, 0.15) is 37.5 Å². The summed E-state index contributed by atoms with van der Waals surface area (Å²) in [6.07, 6.45) is 3.36. The van der Waals surface area contributed by atoms with Gasteiger partial charge in [0, 0.05) is 0 Å². The van der Waals surface area contributed by atoms with Crippen LogP contribution >= 0.6 is 15.9 Å². The fourth-order valence-corrected chi connectivity index (χ4v) is 2.23. The summed E-state index contributed by atoms with van der Waals surface area (Å²) in [5, 5.41) is 3.41. The minimum atomic E-state index is 0.129. The molecule has 0 spiro atoms. The van der Waals surface area contributed by atoms with Crippen molar-refractivity contribution in [3.8, 4) is 0 Å². The molecule has 0 bridgehead atoms. The summed E-state index contributed by atoms with van der Waals surface area (Å²) < 4.78 is 11.7. The van der Waals surface area contributed by atoms with Crippen molar-refractivity contribution in [2.75, 3.05) is 0 Å². The molecule has 0 aromatic carbocycles. The van der Waals surface area contributed by atoms with Crippen molar-refractivity contribution >= 4 is 15.9 Å². The summed E-state index contributed by atoms with van der Waals surface area (Å²) in [6.45, 7) is 4.12. The lowest BCUT2D eigenvalue weighted by Crippen LogP contribution is -2.21. The average Bonchev–Trinajstić information content (AvgIpc) is 2.86. The lowest BCUT2D eigenvalue weighted by atomic mass is 10.2. The van der Waals surface area contributed by atoms with E-state index >= 15 is 0 Å². The molecule has 2 heterocycles. The molecule has 2 atom stereocenters. The van der Waals surface area contributed by atoms with Crippen molar-refractivity contribution < 1.29 is 8.83 Å². The molecule has 2 aromatic heterocycles. The van der Waals surface area contributed by atoms with Crippen molar-refractivity contribution in [3.05, 3.63) is 46.7 Å². The summed E-state index contributed by atoms with van der Waals surface area (Å²) >= 11 is 3.45. The second-order valence-electron chi connectivity index (χ2n) is 3.76. The van der Waals surface area contributed by atoms with E-state index < -0.39 is 0 Å². The molecule has 2 rings (SSSR count). The zero-order valence-corrected chi connectivity index (χ0v) is 10.8. The van der Waals surface area contributed by atoms with E-state index in [1.54, 1.807) is 12.5 Å². The van der Waals surface area contributed by atoms with Crippen LogP contribution in [0.5, 0.6) is 0 Å². The first-order valence-electron chi connectivity index (χ1n) is 5.21. The molecule has 3 nitrogen and oxygen atoms in total. The predicted octanol–water partition coefficient (Wildman–Crippen LogP) is 4.05. The maximum absolute atomic E-state index is 5.40. The minimum Gasteiger partial charge on any atom is -0.468 e. The third-order valence-corrected chi connectivity index (χ3v) is 3.16. The van der Waals surface area contributed by atoms with Gasteiger partial charge in [-0.1, -0.05) is 0 Å². The van der Waals surface area contributed by atoms with Gasteiger partial charge in [-0.2, -0.15) is 0 Å². The van der Waals surface area contributed by atoms with Crippen LogP contribution in [-0.4, -0.2) is 0 Å². The smallest absolute Gasteiger partial charge is 0.134 e. The minimum absolute atomic E-state index is 0.129. The molecule has 0 aliphatic rings. The molecular formula is C12H14BrNO2. The van der Waals surface area contributed by atoms with Crippen LogP contribution in [0.2, 0.25) is 0 Å². The Labute approximate surface area is 103 Å². The number of furan rings is 2. The Morgan fingerprint density at radius 2 is 1.94 bits per heavy atom. The van der Waals surface area contributed by atoms with Crippen molar-refractivity contribution in [3.63, 3.8) is 0 Å². The quantitative estimate of drug-likeness (QED) is 0.920. The molecule has 0 aliphatic heterocycles. The maximum Gasteiger partial charge on any atom is 0.134 e. The highest BCUT2D eigenvalue weighted by Gasteiger charge is 2.17. The topological polar surface area (TPSA) is 38.3 Å². The van der Waals surface area contributed by atoms with Gasteiger partial charge in [-0.3, -0.25) is 5.32 Å². The monoisotopic (exact) mass is 283 g/mol. The van der Waals surface area contributed by atoms with E-state index in [1.807, 2.05) is 18.2 Å². The molecule has 0 aliphatic carbocycles. The average molecular weight is 284 g/mol. The predicted molar refractivity (Wildman–Crippen MR) is 65.1 cm³/mol. The van der Waals surface area contributed by atoms with Gasteiger partial charge >= 0.3 is 0 Å². The highest BCUT2D eigenvalue weighted by Crippen LogP contribution is 2.26. The lowest BCUT2D eigenvalue weighted by molar-refractivity contribution is 0.365. The first-order valence-corrected chi connectivity index (χ1v) is 6.00. The Kier molecular flexibility index (Phi) is 3.51. The van der Waals surface area contributed by atoms with E-state index in [0.29, 0.717) is 0 Å². The van der Waals surface area contributed by atoms with Crippen LogP contribution in [-0.2, 0) is 0 Å². The van der Waals surface area contributed by atoms with E-state index in [1.165, 1.54) is 0 Å². The molecule has 1 N–H and O–H groups in total. The SMILES string of the molecule is CC(NC(C)c1occc1Br)c1ccco1. The van der Waals surface area contributed by atoms with Gasteiger partial charge < -0.3 is 8.83 Å². The summed E-state index contributed by atoms with van der Waals surface area (Å²) in [5.74, 6) is 1.83. The van der Waals surface area contributed by atoms with Crippen molar-refractivity contribution in [2.24, 2.45) is 0 Å². The van der Waals surface area contributed by atoms with Gasteiger partial charge in [0.05, 0.1) is 29.1 Å². The molecule has 2 unspecified atom stereocenters. The van der Waals surface area contributed by atoms with Crippen LogP contribution in [0.15, 0.2) is 44.0 Å². The third kappa shape index (κ3) is 2.39. The zero-order chi connectivity index (χ0) is 11.5. The molecule has 0 saturated carbocycles. The van der Waals surface area contributed by atoms with E-state index in [0.717, 1.165) is 16.0 Å². The Morgan fingerprint density at radius 1 is 1.12 bits per heavy atom. The molecule has 0 radical (unpaired) electrons. The highest BCUT2D eigenvalue weighted by atomic mass is 79.9. The Bertz CT molecular complexity index is 436. The fraction of sp³-hybridized carbons (Fsp3) is 0.333. The van der Waals surface area contributed by atoms with Gasteiger partial charge in [0.2, 0.25) is 0 Å². The number of rotatable bonds is 4. The van der Waals surface area contributed by atoms with Gasteiger partial charge in [0.15, 0.2) is 0 Å². The molecule has 0 amide bonds. The third-order valence-electron chi connectivity index (χ3n) is 2.51. The summed E-state index contributed by atoms with van der Waals surface area (Å²) in [6, 6.07) is 6.03. The second-order valence-corrected chi connectivity index (χ2v) is 4.61. The largest absolute Gasteiger partial charge is 0.468 e. The molecule has 0 fully saturated rings. The van der Waals surface area contributed by atoms with Gasteiger partial charge in [-0.15, -0.1) is 0 Å². The summed E-state index contributed by atoms with van der Waals surface area (Å²) in [4.78, 5) is 0. The Hall–Kier alpha value is -1.00.